The number of halogens is 3. The first kappa shape index (κ1) is 36.5. The minimum absolute atomic E-state index is 0.00221. The normalized spacial score (nSPS) is 18.3. The highest BCUT2D eigenvalue weighted by Gasteiger charge is 2.51. The van der Waals surface area contributed by atoms with E-state index in [1.54, 1.807) is 28.9 Å². The number of ether oxygens (including phenoxy) is 1. The van der Waals surface area contributed by atoms with Gasteiger partial charge in [-0.25, -0.2) is 4.99 Å². The van der Waals surface area contributed by atoms with Crippen LogP contribution in [0.25, 0.3) is 11.0 Å². The number of aliphatic imine (C=N–C) groups is 1. The number of H-pyrrole nitrogens is 1. The van der Waals surface area contributed by atoms with E-state index in [2.05, 4.69) is 71.8 Å². The van der Waals surface area contributed by atoms with Crippen molar-refractivity contribution in [2.45, 2.75) is 56.8 Å². The monoisotopic (exact) mass is 708 g/mol. The lowest BCUT2D eigenvalue weighted by Gasteiger charge is -2.43. The molecule has 1 aliphatic rings. The number of hydrogen-bond donors (Lipinski definition) is 3. The van der Waals surface area contributed by atoms with Gasteiger partial charge >= 0.3 is 12.1 Å². The Morgan fingerprint density at radius 2 is 1.78 bits per heavy atom. The van der Waals surface area contributed by atoms with Gasteiger partial charge in [0.05, 0.1) is 36.5 Å². The summed E-state index contributed by atoms with van der Waals surface area (Å²) < 4.78 is 52.9. The van der Waals surface area contributed by atoms with Gasteiger partial charge in [0.2, 0.25) is 5.95 Å². The van der Waals surface area contributed by atoms with Crippen LogP contribution in [0.5, 0.6) is 0 Å². The van der Waals surface area contributed by atoms with Crippen LogP contribution in [0.4, 0.5) is 19.1 Å². The minimum atomic E-state index is -5.06. The second kappa shape index (κ2) is 14.6. The van der Waals surface area contributed by atoms with E-state index in [-0.39, 0.29) is 40.6 Å². The summed E-state index contributed by atoms with van der Waals surface area (Å²) in [5.41, 5.74) is -0.300. The van der Waals surface area contributed by atoms with Gasteiger partial charge in [-0.05, 0) is 15.4 Å². The number of hydrogen-bond acceptors (Lipinski definition) is 7. The second-order valence-corrected chi connectivity index (χ2v) is 17.4. The zero-order valence-electron chi connectivity index (χ0n) is 28.3. The molecule has 3 heterocycles. The van der Waals surface area contributed by atoms with Crippen molar-refractivity contribution in [3.8, 4) is 11.8 Å². The van der Waals surface area contributed by atoms with Gasteiger partial charge in [-0.2, -0.15) is 18.2 Å². The van der Waals surface area contributed by atoms with E-state index < -0.39 is 50.9 Å². The lowest BCUT2D eigenvalue weighted by molar-refractivity contribution is -0.173. The average molecular weight is 709 g/mol. The van der Waals surface area contributed by atoms with Crippen molar-refractivity contribution in [2.75, 3.05) is 27.2 Å². The van der Waals surface area contributed by atoms with E-state index >= 15 is 0 Å². The predicted molar refractivity (Wildman–Crippen MR) is 186 cm³/mol. The number of alkyl halides is 3. The Bertz CT molecular complexity index is 1920. The van der Waals surface area contributed by atoms with Crippen molar-refractivity contribution in [3.63, 3.8) is 0 Å². The number of nitrogens with one attached hydrogen (secondary N) is 2. The molecule has 0 aliphatic carbocycles. The summed E-state index contributed by atoms with van der Waals surface area (Å²) in [7, 11) is 0.540. The smallest absolute Gasteiger partial charge is 0.405 e. The molecule has 2 aromatic heterocycles. The van der Waals surface area contributed by atoms with Crippen molar-refractivity contribution in [2.24, 2.45) is 4.99 Å². The number of aliphatic hydroxyl groups is 1. The molecule has 0 radical (unpaired) electrons. The van der Waals surface area contributed by atoms with Crippen LogP contribution >= 0.6 is 0 Å². The molecule has 50 heavy (non-hydrogen) atoms. The Balaban J connectivity index is 1.48. The molecule has 11 nitrogen and oxygen atoms in total. The summed E-state index contributed by atoms with van der Waals surface area (Å²) in [6, 6.07) is 20.1. The highest BCUT2D eigenvalue weighted by Crippen LogP contribution is 2.38. The highest BCUT2D eigenvalue weighted by molar-refractivity contribution is 6.99. The molecular weight excluding hydrogens is 670 g/mol. The molecule has 1 saturated heterocycles. The fourth-order valence-corrected chi connectivity index (χ4v) is 10.6. The summed E-state index contributed by atoms with van der Waals surface area (Å²) in [6.45, 7) is 5.91. The van der Waals surface area contributed by atoms with E-state index in [4.69, 9.17) is 9.16 Å². The Kier molecular flexibility index (Phi) is 10.7. The molecule has 0 spiro atoms. The predicted octanol–water partition coefficient (Wildman–Crippen LogP) is 3.20. The lowest BCUT2D eigenvalue weighted by Crippen LogP contribution is -2.67. The van der Waals surface area contributed by atoms with E-state index in [0.29, 0.717) is 0 Å². The summed E-state index contributed by atoms with van der Waals surface area (Å²) in [4.78, 5) is 37.5. The first-order valence-electron chi connectivity index (χ1n) is 15.9. The van der Waals surface area contributed by atoms with Crippen molar-refractivity contribution in [3.05, 3.63) is 82.8 Å². The maximum atomic E-state index is 13.3. The zero-order chi connectivity index (χ0) is 36.3. The first-order valence-corrected chi connectivity index (χ1v) is 17.8. The van der Waals surface area contributed by atoms with Crippen molar-refractivity contribution < 1.29 is 32.2 Å². The Hall–Kier alpha value is -4.75. The van der Waals surface area contributed by atoms with Gasteiger partial charge in [0.15, 0.2) is 5.65 Å². The van der Waals surface area contributed by atoms with Gasteiger partial charge in [0.1, 0.15) is 12.3 Å². The van der Waals surface area contributed by atoms with E-state index in [1.165, 1.54) is 12.5 Å². The number of fused-ring (bicyclic) bond motifs is 1. The molecule has 0 bridgehead atoms. The number of carbonyl (C=O) groups is 1. The molecule has 1 aliphatic heterocycles. The summed E-state index contributed by atoms with van der Waals surface area (Å²) >= 11 is 0. The molecule has 1 unspecified atom stereocenters. The van der Waals surface area contributed by atoms with Gasteiger partial charge in [-0.3, -0.25) is 14.6 Å². The molecule has 3 N–H and O–H groups in total. The quantitative estimate of drug-likeness (QED) is 0.105. The van der Waals surface area contributed by atoms with Gasteiger partial charge in [-0.1, -0.05) is 93.3 Å². The molecule has 1 fully saturated rings. The van der Waals surface area contributed by atoms with Crippen molar-refractivity contribution in [1.82, 2.24) is 24.8 Å². The first-order chi connectivity index (χ1) is 23.6. The van der Waals surface area contributed by atoms with E-state index in [9.17, 15) is 27.9 Å². The van der Waals surface area contributed by atoms with Gasteiger partial charge in [-0.15, -0.1) is 0 Å². The number of aromatic nitrogens is 3. The van der Waals surface area contributed by atoms with Crippen LogP contribution < -0.4 is 21.2 Å². The van der Waals surface area contributed by atoms with Crippen LogP contribution in [0.15, 0.2) is 76.6 Å². The maximum absolute atomic E-state index is 13.3. The van der Waals surface area contributed by atoms with Gasteiger partial charge < -0.3 is 29.1 Å². The average Bonchev–Trinajstić information content (AvgIpc) is 3.62. The lowest BCUT2D eigenvalue weighted by atomic mass is 10.2. The Morgan fingerprint density at radius 1 is 1.16 bits per heavy atom. The van der Waals surface area contributed by atoms with Crippen molar-refractivity contribution in [1.29, 1.82) is 0 Å². The fraction of sp³-hybridized carbons (Fsp3) is 0.371. The fourth-order valence-electron chi connectivity index (χ4n) is 6.06. The number of aliphatic hydroxyl groups excluding tert-OH is 1. The summed E-state index contributed by atoms with van der Waals surface area (Å²) in [6.07, 6.45) is -4.49. The zero-order valence-corrected chi connectivity index (χ0v) is 29.3. The number of aromatic amines is 1. The number of nitrogens with zero attached hydrogens (tertiary/aromatic N) is 4. The number of benzene rings is 2. The minimum Gasteiger partial charge on any atom is -0.405 e. The van der Waals surface area contributed by atoms with Crippen LogP contribution in [0, 0.1) is 11.8 Å². The molecule has 2 aromatic carbocycles. The van der Waals surface area contributed by atoms with Gasteiger partial charge in [0, 0.05) is 26.7 Å². The SMILES string of the molecule is CN(C)/C=N\c1nc2c(c(C#CCNC(=O)C(F)(F)F)cn2[C@H]2CC(O)[C@@H](CO[Si](c3ccccc3)(c3ccccc3)C(C)(C)C)O2)c(=O)[nH]1. The number of rotatable bonds is 9. The van der Waals surface area contributed by atoms with Crippen LogP contribution in [-0.4, -0.2) is 90.7 Å². The molecule has 5 rings (SSSR count). The molecule has 3 atom stereocenters. The molecule has 15 heteroatoms. The van der Waals surface area contributed by atoms with Gasteiger partial charge in [0.25, 0.3) is 13.9 Å². The van der Waals surface area contributed by atoms with Crippen LogP contribution in [0.1, 0.15) is 39.0 Å². The third kappa shape index (κ3) is 7.68. The molecule has 1 amide bonds. The van der Waals surface area contributed by atoms with Crippen LogP contribution in [0.2, 0.25) is 5.04 Å². The molecular formula is C35H39F3N6O5Si. The Labute approximate surface area is 288 Å². The molecule has 0 saturated carbocycles. The Morgan fingerprint density at radius 3 is 2.34 bits per heavy atom. The highest BCUT2D eigenvalue weighted by atomic mass is 28.4. The van der Waals surface area contributed by atoms with E-state index in [0.717, 1.165) is 10.4 Å². The third-order valence-corrected chi connectivity index (χ3v) is 13.3. The maximum Gasteiger partial charge on any atom is 0.471 e. The summed E-state index contributed by atoms with van der Waals surface area (Å²) in [5, 5.41) is 14.9. The van der Waals surface area contributed by atoms with Crippen LogP contribution in [0.3, 0.4) is 0 Å². The van der Waals surface area contributed by atoms with E-state index in [1.807, 2.05) is 36.4 Å². The standard InChI is InChI=1S/C35H39F3N6O5Si/c1-34(2,3)50(24-14-8-6-9-15-24,25-16-10-7-11-17-25)48-21-27-26(45)19-28(49-27)44-20-23(13-12-18-39-32(47)35(36,37)38)29-30(44)41-33(42-31(29)46)40-22-43(4)5/h6-11,14-17,20,22,26-28,45H,18-19,21H2,1-5H3,(H,39,47)(H,41,42,46)/b40-22-/t26?,27-,28-/m1/s1. The van der Waals surface area contributed by atoms with Crippen molar-refractivity contribution >= 4 is 47.9 Å². The van der Waals surface area contributed by atoms with Crippen LogP contribution in [-0.2, 0) is 14.0 Å². The largest absolute Gasteiger partial charge is 0.471 e. The second-order valence-electron chi connectivity index (χ2n) is 13.1. The number of amides is 1. The molecule has 264 valence electrons. The molecule has 4 aromatic rings. The summed E-state index contributed by atoms with van der Waals surface area (Å²) in [5.74, 6) is 3.01. The number of carbonyl (C=O) groups excluding carboxylic acids is 1. The third-order valence-electron chi connectivity index (χ3n) is 8.29. The topological polar surface area (TPSA) is 134 Å².